The van der Waals surface area contributed by atoms with Gasteiger partial charge in [-0.2, -0.15) is 0 Å². The molecule has 1 saturated heterocycles. The normalized spacial score (nSPS) is 22.4. The minimum atomic E-state index is -1.23. The zero-order valence-electron chi connectivity index (χ0n) is 13.7. The lowest BCUT2D eigenvalue weighted by molar-refractivity contribution is -0.156. The van der Waals surface area contributed by atoms with E-state index in [4.69, 9.17) is 0 Å². The van der Waals surface area contributed by atoms with Gasteiger partial charge in [-0.1, -0.05) is 44.2 Å². The zero-order valence-corrected chi connectivity index (χ0v) is 13.7. The van der Waals surface area contributed by atoms with Crippen LogP contribution in [0.2, 0.25) is 0 Å². The number of carbonyl (C=O) groups excluding carboxylic acids is 1. The summed E-state index contributed by atoms with van der Waals surface area (Å²) in [4.78, 5) is 14.4. The Labute approximate surface area is 133 Å². The van der Waals surface area contributed by atoms with E-state index >= 15 is 0 Å². The third kappa shape index (κ3) is 4.55. The first-order valence-electron chi connectivity index (χ1n) is 8.30. The number of likely N-dealkylation sites (tertiary alicyclic amines) is 1. The summed E-state index contributed by atoms with van der Waals surface area (Å²) in [6, 6.07) is 10.6. The summed E-state index contributed by atoms with van der Waals surface area (Å²) in [5.74, 6) is -0.111. The molecule has 0 aliphatic carbocycles. The minimum absolute atomic E-state index is 0.111. The Balaban J connectivity index is 1.84. The van der Waals surface area contributed by atoms with Gasteiger partial charge in [0.2, 0.25) is 0 Å². The van der Waals surface area contributed by atoms with Gasteiger partial charge in [-0.3, -0.25) is 4.79 Å². The summed E-state index contributed by atoms with van der Waals surface area (Å²) in [5, 5.41) is 13.8. The lowest BCUT2D eigenvalue weighted by Crippen LogP contribution is -2.58. The van der Waals surface area contributed by atoms with Gasteiger partial charge in [0.1, 0.15) is 0 Å². The Morgan fingerprint density at radius 3 is 2.73 bits per heavy atom. The van der Waals surface area contributed by atoms with Crippen LogP contribution in [-0.2, 0) is 11.2 Å². The highest BCUT2D eigenvalue weighted by Gasteiger charge is 2.41. The molecule has 0 saturated carbocycles. The lowest BCUT2D eigenvalue weighted by atomic mass is 9.91. The fourth-order valence-corrected chi connectivity index (χ4v) is 2.93. The van der Waals surface area contributed by atoms with Crippen LogP contribution in [-0.4, -0.2) is 47.2 Å². The molecule has 0 bridgehead atoms. The van der Waals surface area contributed by atoms with Crippen molar-refractivity contribution < 1.29 is 9.90 Å². The molecular formula is C18H28N2O2. The highest BCUT2D eigenvalue weighted by atomic mass is 16.3. The molecule has 122 valence electrons. The molecule has 1 atom stereocenters. The van der Waals surface area contributed by atoms with Crippen LogP contribution in [0.1, 0.15) is 38.7 Å². The van der Waals surface area contributed by atoms with E-state index < -0.39 is 5.60 Å². The summed E-state index contributed by atoms with van der Waals surface area (Å²) in [5.41, 5.74) is 0.0682. The van der Waals surface area contributed by atoms with Crippen molar-refractivity contribution in [3.63, 3.8) is 0 Å². The quantitative estimate of drug-likeness (QED) is 0.810. The Kier molecular flexibility index (Phi) is 5.98. The van der Waals surface area contributed by atoms with Gasteiger partial charge in [0.15, 0.2) is 5.60 Å². The maximum Gasteiger partial charge on any atom is 0.255 e. The van der Waals surface area contributed by atoms with Crippen molar-refractivity contribution in [2.75, 3.05) is 19.6 Å². The van der Waals surface area contributed by atoms with E-state index in [-0.39, 0.29) is 11.9 Å². The van der Waals surface area contributed by atoms with Gasteiger partial charge in [-0.05, 0) is 31.2 Å². The van der Waals surface area contributed by atoms with Crippen LogP contribution < -0.4 is 5.32 Å². The molecule has 4 heteroatoms. The molecule has 1 amide bonds. The highest BCUT2D eigenvalue weighted by molar-refractivity contribution is 5.86. The number of rotatable bonds is 7. The summed E-state index contributed by atoms with van der Waals surface area (Å²) in [6.45, 7) is 5.87. The standard InChI is InChI=1S/C18H28N2O2/c1-15(2)19-14-18(22)11-7-13-20(17(18)21)12-6-10-16-8-4-3-5-9-16/h3-5,8-9,15,19,22H,6-7,10-14H2,1-2H3. The number of hydrogen-bond acceptors (Lipinski definition) is 3. The van der Waals surface area contributed by atoms with Crippen LogP contribution in [0.15, 0.2) is 30.3 Å². The molecular weight excluding hydrogens is 276 g/mol. The van der Waals surface area contributed by atoms with Gasteiger partial charge in [0, 0.05) is 25.7 Å². The molecule has 0 spiro atoms. The van der Waals surface area contributed by atoms with Gasteiger partial charge < -0.3 is 15.3 Å². The highest BCUT2D eigenvalue weighted by Crippen LogP contribution is 2.22. The van der Waals surface area contributed by atoms with Crippen molar-refractivity contribution in [1.82, 2.24) is 10.2 Å². The Bertz CT molecular complexity index is 475. The maximum atomic E-state index is 12.5. The molecule has 1 aliphatic heterocycles. The first-order valence-corrected chi connectivity index (χ1v) is 8.30. The molecule has 0 radical (unpaired) electrons. The van der Waals surface area contributed by atoms with E-state index in [1.807, 2.05) is 36.9 Å². The largest absolute Gasteiger partial charge is 0.379 e. The Hall–Kier alpha value is -1.39. The number of carbonyl (C=O) groups is 1. The summed E-state index contributed by atoms with van der Waals surface area (Å²) < 4.78 is 0. The zero-order chi connectivity index (χ0) is 16.0. The molecule has 1 unspecified atom stereocenters. The summed E-state index contributed by atoms with van der Waals surface area (Å²) in [7, 11) is 0. The van der Waals surface area contributed by atoms with Crippen LogP contribution in [0.25, 0.3) is 0 Å². The van der Waals surface area contributed by atoms with E-state index in [9.17, 15) is 9.90 Å². The van der Waals surface area contributed by atoms with Gasteiger partial charge in [-0.25, -0.2) is 0 Å². The van der Waals surface area contributed by atoms with Crippen molar-refractivity contribution in [1.29, 1.82) is 0 Å². The van der Waals surface area contributed by atoms with E-state index in [0.29, 0.717) is 13.0 Å². The topological polar surface area (TPSA) is 52.6 Å². The monoisotopic (exact) mass is 304 g/mol. The molecule has 2 rings (SSSR count). The second-order valence-electron chi connectivity index (χ2n) is 6.55. The van der Waals surface area contributed by atoms with Gasteiger partial charge in [0.25, 0.3) is 5.91 Å². The number of aliphatic hydroxyl groups is 1. The van der Waals surface area contributed by atoms with E-state index in [1.54, 1.807) is 0 Å². The summed E-state index contributed by atoms with van der Waals surface area (Å²) >= 11 is 0. The molecule has 2 N–H and O–H groups in total. The molecule has 1 aliphatic rings. The lowest BCUT2D eigenvalue weighted by Gasteiger charge is -2.38. The first kappa shape index (κ1) is 17.0. The third-order valence-electron chi connectivity index (χ3n) is 4.24. The maximum absolute atomic E-state index is 12.5. The molecule has 1 heterocycles. The molecule has 22 heavy (non-hydrogen) atoms. The van der Waals surface area contributed by atoms with Crippen LogP contribution in [0.3, 0.4) is 0 Å². The Morgan fingerprint density at radius 1 is 1.32 bits per heavy atom. The van der Waals surface area contributed by atoms with E-state index in [1.165, 1.54) is 5.56 Å². The fraction of sp³-hybridized carbons (Fsp3) is 0.611. The second-order valence-corrected chi connectivity index (χ2v) is 6.55. The Morgan fingerprint density at radius 2 is 2.05 bits per heavy atom. The fourth-order valence-electron chi connectivity index (χ4n) is 2.93. The SMILES string of the molecule is CC(C)NCC1(O)CCCN(CCCc2ccccc2)C1=O. The smallest absolute Gasteiger partial charge is 0.255 e. The van der Waals surface area contributed by atoms with Crippen LogP contribution in [0.5, 0.6) is 0 Å². The predicted molar refractivity (Wildman–Crippen MR) is 88.7 cm³/mol. The number of amides is 1. The molecule has 1 aromatic carbocycles. The molecule has 0 aromatic heterocycles. The number of piperidine rings is 1. The van der Waals surface area contributed by atoms with Crippen LogP contribution in [0, 0.1) is 0 Å². The summed E-state index contributed by atoms with van der Waals surface area (Å²) in [6.07, 6.45) is 3.32. The van der Waals surface area contributed by atoms with Crippen molar-refractivity contribution in [3.05, 3.63) is 35.9 Å². The minimum Gasteiger partial charge on any atom is -0.379 e. The van der Waals surface area contributed by atoms with Crippen LogP contribution >= 0.6 is 0 Å². The van der Waals surface area contributed by atoms with E-state index in [2.05, 4.69) is 17.4 Å². The average molecular weight is 304 g/mol. The van der Waals surface area contributed by atoms with Crippen LogP contribution in [0.4, 0.5) is 0 Å². The van der Waals surface area contributed by atoms with Gasteiger partial charge in [0.05, 0.1) is 0 Å². The number of nitrogens with zero attached hydrogens (tertiary/aromatic N) is 1. The first-order chi connectivity index (χ1) is 10.5. The van der Waals surface area contributed by atoms with Crippen molar-refractivity contribution in [3.8, 4) is 0 Å². The number of nitrogens with one attached hydrogen (secondary N) is 1. The average Bonchev–Trinajstić information content (AvgIpc) is 2.51. The third-order valence-corrected chi connectivity index (χ3v) is 4.24. The predicted octanol–water partition coefficient (Wildman–Crippen LogP) is 1.97. The van der Waals surface area contributed by atoms with Gasteiger partial charge in [-0.15, -0.1) is 0 Å². The van der Waals surface area contributed by atoms with Crippen molar-refractivity contribution in [2.24, 2.45) is 0 Å². The molecule has 1 aromatic rings. The molecule has 1 fully saturated rings. The van der Waals surface area contributed by atoms with Crippen molar-refractivity contribution >= 4 is 5.91 Å². The number of benzene rings is 1. The number of aryl methyl sites for hydroxylation is 1. The number of hydrogen-bond donors (Lipinski definition) is 2. The molecule has 4 nitrogen and oxygen atoms in total. The van der Waals surface area contributed by atoms with Gasteiger partial charge >= 0.3 is 0 Å². The second kappa shape index (κ2) is 7.75. The van der Waals surface area contributed by atoms with E-state index in [0.717, 1.165) is 32.4 Å². The van der Waals surface area contributed by atoms with Crippen molar-refractivity contribution in [2.45, 2.75) is 51.2 Å².